The van der Waals surface area contributed by atoms with Crippen molar-refractivity contribution in [2.45, 2.75) is 12.8 Å². The minimum atomic E-state index is 0.613. The highest BCUT2D eigenvalue weighted by Crippen LogP contribution is 2.13. The van der Waals surface area contributed by atoms with Crippen LogP contribution in [0.25, 0.3) is 6.20 Å². The van der Waals surface area contributed by atoms with Gasteiger partial charge in [0.05, 0.1) is 0 Å². The number of nitrogen functional groups attached to an aromatic ring is 1. The number of allylic oxidation sites excluding steroid dienone is 1. The van der Waals surface area contributed by atoms with E-state index < -0.39 is 0 Å². The zero-order valence-electron chi connectivity index (χ0n) is 5.62. The molecule has 2 rings (SSSR count). The van der Waals surface area contributed by atoms with Crippen molar-refractivity contribution in [2.75, 3.05) is 5.73 Å². The summed E-state index contributed by atoms with van der Waals surface area (Å²) in [5.41, 5.74) is 6.70. The molecule has 0 atom stereocenters. The van der Waals surface area contributed by atoms with E-state index in [0.717, 1.165) is 12.8 Å². The number of fused-ring (bicyclic) bond motifs is 1. The summed E-state index contributed by atoms with van der Waals surface area (Å²) >= 11 is 0. The lowest BCUT2D eigenvalue weighted by molar-refractivity contribution is 0.802. The number of aromatic nitrogens is 2. The molecular weight excluding hydrogens is 126 g/mol. The summed E-state index contributed by atoms with van der Waals surface area (Å²) in [6.45, 7) is 0. The Morgan fingerprint density at radius 1 is 1.60 bits per heavy atom. The molecule has 0 aromatic carbocycles. The molecule has 1 aromatic rings. The molecule has 0 fully saturated rings. The van der Waals surface area contributed by atoms with Gasteiger partial charge >= 0.3 is 0 Å². The van der Waals surface area contributed by atoms with E-state index in [9.17, 15) is 0 Å². The zero-order valence-corrected chi connectivity index (χ0v) is 5.62. The van der Waals surface area contributed by atoms with Crippen LogP contribution in [-0.2, 0) is 6.42 Å². The minimum absolute atomic E-state index is 0.613. The second-order valence-electron chi connectivity index (χ2n) is 2.43. The van der Waals surface area contributed by atoms with Crippen LogP contribution in [0.3, 0.4) is 0 Å². The van der Waals surface area contributed by atoms with Gasteiger partial charge in [-0.25, -0.2) is 4.68 Å². The van der Waals surface area contributed by atoms with Crippen molar-refractivity contribution in [1.29, 1.82) is 0 Å². The molecule has 0 bridgehead atoms. The number of anilines is 1. The highest BCUT2D eigenvalue weighted by atomic mass is 15.3. The third-order valence-electron chi connectivity index (χ3n) is 1.65. The van der Waals surface area contributed by atoms with Crippen molar-refractivity contribution in [3.63, 3.8) is 0 Å². The van der Waals surface area contributed by atoms with Crippen LogP contribution in [-0.4, -0.2) is 9.78 Å². The van der Waals surface area contributed by atoms with E-state index in [1.807, 2.05) is 16.9 Å². The first-order chi connectivity index (χ1) is 4.86. The lowest BCUT2D eigenvalue weighted by Gasteiger charge is -2.04. The predicted molar refractivity (Wildman–Crippen MR) is 40.3 cm³/mol. The smallest absolute Gasteiger partial charge is 0.146 e. The molecule has 52 valence electrons. The van der Waals surface area contributed by atoms with Gasteiger partial charge in [0, 0.05) is 18.0 Å². The molecule has 0 saturated carbocycles. The Morgan fingerprint density at radius 2 is 2.50 bits per heavy atom. The van der Waals surface area contributed by atoms with Crippen LogP contribution in [0.15, 0.2) is 12.1 Å². The van der Waals surface area contributed by atoms with E-state index in [4.69, 9.17) is 5.73 Å². The van der Waals surface area contributed by atoms with Gasteiger partial charge in [-0.3, -0.25) is 0 Å². The van der Waals surface area contributed by atoms with Gasteiger partial charge in [0.1, 0.15) is 5.82 Å². The molecule has 3 heteroatoms. The molecule has 0 spiro atoms. The molecule has 1 aliphatic heterocycles. The normalized spacial score (nSPS) is 15.2. The van der Waals surface area contributed by atoms with Crippen LogP contribution in [0.2, 0.25) is 0 Å². The third-order valence-corrected chi connectivity index (χ3v) is 1.65. The summed E-state index contributed by atoms with van der Waals surface area (Å²) in [6, 6.07) is 1.92. The van der Waals surface area contributed by atoms with Gasteiger partial charge in [0.25, 0.3) is 0 Å². The maximum absolute atomic E-state index is 5.49. The molecule has 0 saturated heterocycles. The molecule has 1 aliphatic rings. The summed E-state index contributed by atoms with van der Waals surface area (Å²) in [5.74, 6) is 0.613. The first kappa shape index (κ1) is 5.53. The number of aryl methyl sites for hydroxylation is 1. The monoisotopic (exact) mass is 135 g/mol. The van der Waals surface area contributed by atoms with Gasteiger partial charge in [0.2, 0.25) is 0 Å². The van der Waals surface area contributed by atoms with E-state index in [1.165, 1.54) is 5.69 Å². The Hall–Kier alpha value is -1.25. The molecule has 2 heterocycles. The van der Waals surface area contributed by atoms with Crippen LogP contribution >= 0.6 is 0 Å². The van der Waals surface area contributed by atoms with Gasteiger partial charge in [0.15, 0.2) is 0 Å². The highest BCUT2D eigenvalue weighted by Gasteiger charge is 2.05. The van der Waals surface area contributed by atoms with E-state index >= 15 is 0 Å². The fraction of sp³-hybridized carbons (Fsp3) is 0.286. The maximum atomic E-state index is 5.49. The van der Waals surface area contributed by atoms with Crippen LogP contribution in [0.5, 0.6) is 0 Å². The van der Waals surface area contributed by atoms with Crippen LogP contribution in [0, 0.1) is 0 Å². The summed E-state index contributed by atoms with van der Waals surface area (Å²) in [5, 5.41) is 4.06. The molecule has 3 nitrogen and oxygen atoms in total. The van der Waals surface area contributed by atoms with E-state index in [2.05, 4.69) is 11.2 Å². The first-order valence-electron chi connectivity index (χ1n) is 3.37. The average Bonchev–Trinajstić information content (AvgIpc) is 2.27. The average molecular weight is 135 g/mol. The summed E-state index contributed by atoms with van der Waals surface area (Å²) < 4.78 is 1.83. The van der Waals surface area contributed by atoms with E-state index in [-0.39, 0.29) is 0 Å². The lowest BCUT2D eigenvalue weighted by atomic mass is 10.2. The summed E-state index contributed by atoms with van der Waals surface area (Å²) in [4.78, 5) is 0. The fourth-order valence-electron chi connectivity index (χ4n) is 1.18. The topological polar surface area (TPSA) is 43.8 Å². The molecule has 0 aliphatic carbocycles. The van der Waals surface area contributed by atoms with Crippen molar-refractivity contribution in [3.8, 4) is 0 Å². The largest absolute Gasteiger partial charge is 0.382 e. The van der Waals surface area contributed by atoms with Crippen LogP contribution in [0.1, 0.15) is 12.1 Å². The Labute approximate surface area is 59.1 Å². The van der Waals surface area contributed by atoms with E-state index in [1.54, 1.807) is 0 Å². The van der Waals surface area contributed by atoms with Crippen molar-refractivity contribution >= 4 is 12.0 Å². The molecule has 0 unspecified atom stereocenters. The Balaban J connectivity index is 2.53. The Bertz CT molecular complexity index is 272. The predicted octanol–water partition coefficient (Wildman–Crippen LogP) is 0.882. The minimum Gasteiger partial charge on any atom is -0.382 e. The zero-order chi connectivity index (χ0) is 6.97. The standard InChI is InChI=1S/C7H9N3/c8-7-5-6-3-1-2-4-10(6)9-7/h2,4-5H,1,3H2,(H2,8,9). The number of hydrogen-bond acceptors (Lipinski definition) is 2. The number of rotatable bonds is 0. The van der Waals surface area contributed by atoms with Gasteiger partial charge in [-0.15, -0.1) is 0 Å². The van der Waals surface area contributed by atoms with Crippen LogP contribution < -0.4 is 5.73 Å². The molecule has 2 N–H and O–H groups in total. The summed E-state index contributed by atoms with van der Waals surface area (Å²) in [7, 11) is 0. The second-order valence-corrected chi connectivity index (χ2v) is 2.43. The summed E-state index contributed by atoms with van der Waals surface area (Å²) in [6.07, 6.45) is 6.21. The van der Waals surface area contributed by atoms with Crippen molar-refractivity contribution in [2.24, 2.45) is 0 Å². The van der Waals surface area contributed by atoms with Gasteiger partial charge in [-0.2, -0.15) is 5.10 Å². The molecule has 0 radical (unpaired) electrons. The fourth-order valence-corrected chi connectivity index (χ4v) is 1.18. The number of nitrogens with two attached hydrogens (primary N) is 1. The van der Waals surface area contributed by atoms with Crippen LogP contribution in [0.4, 0.5) is 5.82 Å². The maximum Gasteiger partial charge on any atom is 0.146 e. The SMILES string of the molecule is Nc1cc2n(n1)C=CCC2. The van der Waals surface area contributed by atoms with Crippen molar-refractivity contribution in [3.05, 3.63) is 17.8 Å². The van der Waals surface area contributed by atoms with Gasteiger partial charge in [-0.05, 0) is 12.8 Å². The van der Waals surface area contributed by atoms with Crippen molar-refractivity contribution in [1.82, 2.24) is 9.78 Å². The second kappa shape index (κ2) is 1.87. The van der Waals surface area contributed by atoms with E-state index in [0.29, 0.717) is 5.82 Å². The molecular formula is C7H9N3. The quantitative estimate of drug-likeness (QED) is 0.574. The van der Waals surface area contributed by atoms with Gasteiger partial charge < -0.3 is 5.73 Å². The number of hydrogen-bond donors (Lipinski definition) is 1. The van der Waals surface area contributed by atoms with Crippen molar-refractivity contribution < 1.29 is 0 Å². The first-order valence-corrected chi connectivity index (χ1v) is 3.37. The Morgan fingerprint density at radius 3 is 3.30 bits per heavy atom. The molecule has 10 heavy (non-hydrogen) atoms. The third kappa shape index (κ3) is 0.708. The molecule has 1 aromatic heterocycles. The lowest BCUT2D eigenvalue weighted by Crippen LogP contribution is -2.00. The highest BCUT2D eigenvalue weighted by molar-refractivity contribution is 5.38. The van der Waals surface area contributed by atoms with Gasteiger partial charge in [-0.1, -0.05) is 6.08 Å². The Kier molecular flexibility index (Phi) is 1.03. The number of nitrogens with zero attached hydrogens (tertiary/aromatic N) is 2. The molecule has 0 amide bonds.